The fourth-order valence-electron chi connectivity index (χ4n) is 1.93. The molecule has 1 rings (SSSR count). The summed E-state index contributed by atoms with van der Waals surface area (Å²) in [6.45, 7) is 3.02. The average Bonchev–Trinajstić information content (AvgIpc) is 2.39. The third-order valence-corrected chi connectivity index (χ3v) is 3.33. The maximum Gasteiger partial charge on any atom is 0.137 e. The number of rotatable bonds is 10. The lowest BCUT2D eigenvalue weighted by Gasteiger charge is -2.07. The number of halogens is 1. The normalized spacial score (nSPS) is 10.6. The van der Waals surface area contributed by atoms with Gasteiger partial charge in [0.1, 0.15) is 5.75 Å². The van der Waals surface area contributed by atoms with E-state index in [0.29, 0.717) is 5.02 Å². The molecule has 1 aromatic carbocycles. The molecule has 0 amide bonds. The minimum absolute atomic E-state index is 0.650. The van der Waals surface area contributed by atoms with Gasteiger partial charge in [-0.3, -0.25) is 0 Å². The largest absolute Gasteiger partial charge is 0.492 e. The second kappa shape index (κ2) is 10.3. The van der Waals surface area contributed by atoms with Crippen molar-refractivity contribution in [1.29, 1.82) is 0 Å². The first-order valence-electron chi connectivity index (χ1n) is 7.13. The summed E-state index contributed by atoms with van der Waals surface area (Å²) in [7, 11) is 0. The van der Waals surface area contributed by atoms with Gasteiger partial charge in [-0.2, -0.15) is 0 Å². The Morgan fingerprint density at radius 3 is 2.39 bits per heavy atom. The molecule has 0 N–H and O–H groups in total. The van der Waals surface area contributed by atoms with Crippen LogP contribution >= 0.6 is 11.6 Å². The van der Waals surface area contributed by atoms with E-state index >= 15 is 0 Å². The van der Waals surface area contributed by atoms with Crippen molar-refractivity contribution in [3.63, 3.8) is 0 Å². The third-order valence-electron chi connectivity index (χ3n) is 3.03. The van der Waals surface area contributed by atoms with Crippen molar-refractivity contribution >= 4 is 11.6 Å². The Hall–Kier alpha value is -0.690. The number of unbranched alkanes of at least 4 members (excludes halogenated alkanes) is 7. The topological polar surface area (TPSA) is 9.23 Å². The van der Waals surface area contributed by atoms with Crippen molar-refractivity contribution < 1.29 is 4.74 Å². The number of ether oxygens (including phenoxy) is 1. The van der Waals surface area contributed by atoms with Gasteiger partial charge in [0, 0.05) is 0 Å². The maximum atomic E-state index is 5.98. The molecular formula is C16H24ClO. The molecule has 0 unspecified atom stereocenters. The second-order valence-electron chi connectivity index (χ2n) is 4.68. The van der Waals surface area contributed by atoms with Gasteiger partial charge in [-0.05, 0) is 24.6 Å². The Balaban J connectivity index is 1.94. The predicted octanol–water partition coefficient (Wildman–Crippen LogP) is 5.66. The Labute approximate surface area is 116 Å². The van der Waals surface area contributed by atoms with Crippen LogP contribution in [0.3, 0.4) is 0 Å². The summed E-state index contributed by atoms with van der Waals surface area (Å²) >= 11 is 5.98. The Kier molecular flexibility index (Phi) is 8.75. The van der Waals surface area contributed by atoms with Gasteiger partial charge in [-0.25, -0.2) is 0 Å². The zero-order chi connectivity index (χ0) is 13.1. The molecule has 0 fully saturated rings. The first kappa shape index (κ1) is 15.4. The fourth-order valence-corrected chi connectivity index (χ4v) is 2.11. The molecular weight excluding hydrogens is 244 g/mol. The molecule has 0 aliphatic heterocycles. The van der Waals surface area contributed by atoms with E-state index in [-0.39, 0.29) is 0 Å². The van der Waals surface area contributed by atoms with Gasteiger partial charge < -0.3 is 4.74 Å². The van der Waals surface area contributed by atoms with E-state index in [9.17, 15) is 0 Å². The number of hydrogen-bond donors (Lipinski definition) is 0. The SMILES string of the molecule is CCCCCCCCCCOc1cc[c]cc1Cl. The van der Waals surface area contributed by atoms with Gasteiger partial charge in [0.15, 0.2) is 0 Å². The summed E-state index contributed by atoms with van der Waals surface area (Å²) in [5, 5.41) is 0.650. The van der Waals surface area contributed by atoms with Crippen molar-refractivity contribution in [2.24, 2.45) is 0 Å². The van der Waals surface area contributed by atoms with Crippen LogP contribution in [0.25, 0.3) is 0 Å². The molecule has 0 saturated heterocycles. The minimum Gasteiger partial charge on any atom is -0.492 e. The molecule has 0 aromatic heterocycles. The summed E-state index contributed by atoms with van der Waals surface area (Å²) < 4.78 is 5.63. The van der Waals surface area contributed by atoms with Gasteiger partial charge in [-0.1, -0.05) is 69.5 Å². The van der Waals surface area contributed by atoms with Gasteiger partial charge in [0.05, 0.1) is 11.6 Å². The van der Waals surface area contributed by atoms with Crippen LogP contribution in [0.5, 0.6) is 5.75 Å². The van der Waals surface area contributed by atoms with Gasteiger partial charge in [0.2, 0.25) is 0 Å². The molecule has 101 valence electrons. The molecule has 0 aliphatic carbocycles. The number of benzene rings is 1. The lowest BCUT2D eigenvalue weighted by atomic mass is 10.1. The number of hydrogen-bond acceptors (Lipinski definition) is 1. The Bertz CT molecular complexity index is 312. The van der Waals surface area contributed by atoms with Crippen LogP contribution in [0.1, 0.15) is 58.3 Å². The summed E-state index contributed by atoms with van der Waals surface area (Å²) in [4.78, 5) is 0. The zero-order valence-electron chi connectivity index (χ0n) is 11.4. The van der Waals surface area contributed by atoms with Crippen molar-refractivity contribution in [2.75, 3.05) is 6.61 Å². The Morgan fingerprint density at radius 2 is 1.72 bits per heavy atom. The third kappa shape index (κ3) is 6.90. The minimum atomic E-state index is 0.650. The first-order valence-corrected chi connectivity index (χ1v) is 7.50. The molecule has 0 bridgehead atoms. The van der Waals surface area contributed by atoms with Crippen molar-refractivity contribution in [1.82, 2.24) is 0 Å². The van der Waals surface area contributed by atoms with E-state index in [0.717, 1.165) is 18.8 Å². The summed E-state index contributed by atoms with van der Waals surface area (Å²) in [5.74, 6) is 0.776. The van der Waals surface area contributed by atoms with Crippen LogP contribution in [0, 0.1) is 6.07 Å². The first-order chi connectivity index (χ1) is 8.84. The van der Waals surface area contributed by atoms with E-state index in [2.05, 4.69) is 13.0 Å². The van der Waals surface area contributed by atoms with Crippen LogP contribution in [-0.4, -0.2) is 6.61 Å². The van der Waals surface area contributed by atoms with E-state index in [1.165, 1.54) is 44.9 Å². The highest BCUT2D eigenvalue weighted by molar-refractivity contribution is 6.32. The predicted molar refractivity (Wildman–Crippen MR) is 78.4 cm³/mol. The summed E-state index contributed by atoms with van der Waals surface area (Å²) in [6, 6.07) is 8.36. The monoisotopic (exact) mass is 267 g/mol. The molecule has 0 saturated carbocycles. The van der Waals surface area contributed by atoms with Crippen molar-refractivity contribution in [3.8, 4) is 5.75 Å². The van der Waals surface area contributed by atoms with Crippen LogP contribution in [0.2, 0.25) is 5.02 Å². The van der Waals surface area contributed by atoms with Gasteiger partial charge in [-0.15, -0.1) is 0 Å². The van der Waals surface area contributed by atoms with E-state index < -0.39 is 0 Å². The molecule has 1 aromatic rings. The van der Waals surface area contributed by atoms with E-state index in [1.807, 2.05) is 12.1 Å². The molecule has 2 heteroatoms. The van der Waals surface area contributed by atoms with Crippen molar-refractivity contribution in [3.05, 3.63) is 29.3 Å². The van der Waals surface area contributed by atoms with Crippen LogP contribution in [0.4, 0.5) is 0 Å². The Morgan fingerprint density at radius 1 is 1.06 bits per heavy atom. The molecule has 1 nitrogen and oxygen atoms in total. The fraction of sp³-hybridized carbons (Fsp3) is 0.625. The molecule has 1 radical (unpaired) electrons. The van der Waals surface area contributed by atoms with E-state index in [4.69, 9.17) is 16.3 Å². The standard InChI is InChI=1S/C16H24ClO/c1-2-3-4-5-6-7-8-11-14-18-16-13-10-9-12-15(16)17/h10,12-13H,2-8,11,14H2,1H3. The van der Waals surface area contributed by atoms with Gasteiger partial charge in [0.25, 0.3) is 0 Å². The molecule has 18 heavy (non-hydrogen) atoms. The highest BCUT2D eigenvalue weighted by atomic mass is 35.5. The summed E-state index contributed by atoms with van der Waals surface area (Å²) in [6.07, 6.45) is 10.5. The maximum absolute atomic E-state index is 5.98. The lowest BCUT2D eigenvalue weighted by molar-refractivity contribution is 0.304. The second-order valence-corrected chi connectivity index (χ2v) is 5.09. The zero-order valence-corrected chi connectivity index (χ0v) is 12.1. The smallest absolute Gasteiger partial charge is 0.137 e. The molecule has 0 heterocycles. The lowest BCUT2D eigenvalue weighted by Crippen LogP contribution is -1.97. The highest BCUT2D eigenvalue weighted by Gasteiger charge is 1.99. The van der Waals surface area contributed by atoms with Crippen LogP contribution in [0.15, 0.2) is 18.2 Å². The highest BCUT2D eigenvalue weighted by Crippen LogP contribution is 2.23. The van der Waals surface area contributed by atoms with Crippen LogP contribution in [-0.2, 0) is 0 Å². The molecule has 0 aliphatic rings. The molecule has 0 atom stereocenters. The average molecular weight is 268 g/mol. The van der Waals surface area contributed by atoms with Crippen molar-refractivity contribution in [2.45, 2.75) is 58.3 Å². The molecule has 0 spiro atoms. The summed E-state index contributed by atoms with van der Waals surface area (Å²) in [5.41, 5.74) is 0. The van der Waals surface area contributed by atoms with E-state index in [1.54, 1.807) is 6.07 Å². The quantitative estimate of drug-likeness (QED) is 0.497. The van der Waals surface area contributed by atoms with Crippen LogP contribution < -0.4 is 4.74 Å². The van der Waals surface area contributed by atoms with Gasteiger partial charge >= 0.3 is 0 Å².